The Bertz CT molecular complexity index is 1040. The van der Waals surface area contributed by atoms with E-state index < -0.39 is 37.1 Å². The van der Waals surface area contributed by atoms with Crippen molar-refractivity contribution in [3.8, 4) is 11.3 Å². The summed E-state index contributed by atoms with van der Waals surface area (Å²) in [4.78, 5) is 4.56. The van der Waals surface area contributed by atoms with E-state index in [1.165, 1.54) is 0 Å². The normalized spacial score (nSPS) is 26.0. The summed E-state index contributed by atoms with van der Waals surface area (Å²) in [5.74, 6) is 0.467. The molecule has 8 nitrogen and oxygen atoms in total. The zero-order valence-corrected chi connectivity index (χ0v) is 17.2. The van der Waals surface area contributed by atoms with Crippen LogP contribution in [0.1, 0.15) is 23.1 Å². The number of halogens is 1. The first-order valence-corrected chi connectivity index (χ1v) is 10.2. The maximum Gasteiger partial charge on any atom is 0.156 e. The van der Waals surface area contributed by atoms with Crippen LogP contribution in [0, 0.1) is 0 Å². The molecule has 2 aromatic carbocycles. The van der Waals surface area contributed by atoms with Crippen LogP contribution in [0.2, 0.25) is 5.02 Å². The van der Waals surface area contributed by atoms with Gasteiger partial charge in [-0.25, -0.2) is 4.98 Å². The topological polar surface area (TPSA) is 129 Å². The first-order chi connectivity index (χ1) is 15.0. The van der Waals surface area contributed by atoms with Crippen LogP contribution in [0.5, 0.6) is 0 Å². The molecule has 0 spiro atoms. The third kappa shape index (κ3) is 4.59. The van der Waals surface area contributed by atoms with Crippen molar-refractivity contribution < 1.29 is 25.2 Å². The average Bonchev–Trinajstić information content (AvgIpc) is 2.80. The van der Waals surface area contributed by atoms with Crippen LogP contribution in [0.25, 0.3) is 11.3 Å². The highest BCUT2D eigenvalue weighted by molar-refractivity contribution is 6.31. The van der Waals surface area contributed by atoms with Gasteiger partial charge < -0.3 is 25.2 Å². The van der Waals surface area contributed by atoms with Gasteiger partial charge in [-0.1, -0.05) is 54.1 Å². The van der Waals surface area contributed by atoms with Gasteiger partial charge in [-0.15, -0.1) is 5.10 Å². The van der Waals surface area contributed by atoms with Gasteiger partial charge in [-0.2, -0.15) is 5.10 Å². The summed E-state index contributed by atoms with van der Waals surface area (Å²) in [6.45, 7) is -0.492. The Morgan fingerprint density at radius 1 is 0.968 bits per heavy atom. The fourth-order valence-electron chi connectivity index (χ4n) is 3.62. The van der Waals surface area contributed by atoms with Gasteiger partial charge in [0.1, 0.15) is 30.5 Å². The molecule has 0 saturated carbocycles. The van der Waals surface area contributed by atoms with E-state index >= 15 is 0 Å². The van der Waals surface area contributed by atoms with Crippen LogP contribution < -0.4 is 0 Å². The van der Waals surface area contributed by atoms with Gasteiger partial charge >= 0.3 is 0 Å². The molecule has 5 atom stereocenters. The fraction of sp³-hybridized carbons (Fsp3) is 0.318. The predicted molar refractivity (Wildman–Crippen MR) is 112 cm³/mol. The number of rotatable bonds is 5. The number of benzene rings is 2. The molecular weight excluding hydrogens is 422 g/mol. The lowest BCUT2D eigenvalue weighted by Crippen LogP contribution is -2.55. The minimum Gasteiger partial charge on any atom is -0.394 e. The highest BCUT2D eigenvalue weighted by Gasteiger charge is 2.44. The second-order valence-electron chi connectivity index (χ2n) is 7.40. The molecule has 1 aliphatic rings. The van der Waals surface area contributed by atoms with Crippen LogP contribution >= 0.6 is 11.6 Å². The van der Waals surface area contributed by atoms with Crippen LogP contribution in [0.15, 0.2) is 54.7 Å². The summed E-state index contributed by atoms with van der Waals surface area (Å²) >= 11 is 6.38. The second kappa shape index (κ2) is 9.35. The lowest BCUT2D eigenvalue weighted by atomic mass is 9.90. The number of aliphatic hydroxyl groups excluding tert-OH is 4. The molecule has 1 fully saturated rings. The van der Waals surface area contributed by atoms with Crippen molar-refractivity contribution in [2.45, 2.75) is 36.9 Å². The minimum absolute atomic E-state index is 0.289. The third-order valence-corrected chi connectivity index (χ3v) is 5.68. The molecule has 4 N–H and O–H groups in total. The van der Waals surface area contributed by atoms with E-state index in [4.69, 9.17) is 16.3 Å². The van der Waals surface area contributed by atoms with Crippen molar-refractivity contribution in [3.05, 3.63) is 76.7 Å². The van der Waals surface area contributed by atoms with Crippen molar-refractivity contribution in [3.63, 3.8) is 0 Å². The summed E-state index contributed by atoms with van der Waals surface area (Å²) in [6.07, 6.45) is -4.29. The molecule has 1 aliphatic heterocycles. The first-order valence-electron chi connectivity index (χ1n) is 9.80. The number of hydrogen-bond donors (Lipinski definition) is 4. The third-order valence-electron chi connectivity index (χ3n) is 5.31. The van der Waals surface area contributed by atoms with Gasteiger partial charge in [-0.05, 0) is 17.2 Å². The summed E-state index contributed by atoms with van der Waals surface area (Å²) in [5, 5.41) is 48.5. The molecule has 5 unspecified atom stereocenters. The maximum absolute atomic E-state index is 10.4. The Hall–Kier alpha value is -2.46. The largest absolute Gasteiger partial charge is 0.394 e. The molecule has 9 heteroatoms. The van der Waals surface area contributed by atoms with Crippen molar-refractivity contribution in [2.24, 2.45) is 0 Å². The zero-order chi connectivity index (χ0) is 22.0. The number of nitrogens with zero attached hydrogens (tertiary/aromatic N) is 3. The molecule has 4 rings (SSSR count). The molecule has 0 bridgehead atoms. The second-order valence-corrected chi connectivity index (χ2v) is 7.81. The summed E-state index contributed by atoms with van der Waals surface area (Å²) in [7, 11) is 0. The molecule has 1 aromatic heterocycles. The maximum atomic E-state index is 10.4. The van der Waals surface area contributed by atoms with Crippen molar-refractivity contribution in [1.29, 1.82) is 0 Å². The van der Waals surface area contributed by atoms with Crippen molar-refractivity contribution in [2.75, 3.05) is 6.61 Å². The van der Waals surface area contributed by atoms with E-state index in [-0.39, 0.29) is 6.42 Å². The molecule has 31 heavy (non-hydrogen) atoms. The van der Waals surface area contributed by atoms with Gasteiger partial charge in [-0.3, -0.25) is 0 Å². The lowest BCUT2D eigenvalue weighted by molar-refractivity contribution is -0.231. The van der Waals surface area contributed by atoms with E-state index in [0.717, 1.165) is 5.56 Å². The molecule has 1 saturated heterocycles. The van der Waals surface area contributed by atoms with Gasteiger partial charge in [0.15, 0.2) is 5.82 Å². The van der Waals surface area contributed by atoms with Crippen LogP contribution in [-0.4, -0.2) is 66.6 Å². The van der Waals surface area contributed by atoms with E-state index in [2.05, 4.69) is 15.2 Å². The van der Waals surface area contributed by atoms with Gasteiger partial charge in [0.25, 0.3) is 0 Å². The van der Waals surface area contributed by atoms with Gasteiger partial charge in [0, 0.05) is 17.0 Å². The molecular formula is C22H22ClN3O5. The number of aliphatic hydroxyl groups is 4. The van der Waals surface area contributed by atoms with Crippen molar-refractivity contribution in [1.82, 2.24) is 15.2 Å². The standard InChI is InChI=1S/C22H22ClN3O5/c23-15-7-6-13(22-21(30)20(29)19(28)17(11-27)31-22)8-14(15)9-18-25-16(10-24-26-18)12-4-2-1-3-5-12/h1-8,10,17,19-22,27-30H,9,11H2. The number of hydrogen-bond acceptors (Lipinski definition) is 8. The Morgan fingerprint density at radius 2 is 1.74 bits per heavy atom. The fourth-order valence-corrected chi connectivity index (χ4v) is 3.80. The quantitative estimate of drug-likeness (QED) is 0.464. The van der Waals surface area contributed by atoms with Crippen LogP contribution in [0.4, 0.5) is 0 Å². The van der Waals surface area contributed by atoms with Crippen molar-refractivity contribution >= 4 is 11.6 Å². The smallest absolute Gasteiger partial charge is 0.156 e. The Balaban J connectivity index is 1.61. The molecule has 2 heterocycles. The predicted octanol–water partition coefficient (Wildman–Crippen LogP) is 1.30. The average molecular weight is 444 g/mol. The number of aromatic nitrogens is 3. The van der Waals surface area contributed by atoms with Crippen LogP contribution in [0.3, 0.4) is 0 Å². The summed E-state index contributed by atoms with van der Waals surface area (Å²) < 4.78 is 5.64. The Morgan fingerprint density at radius 3 is 2.48 bits per heavy atom. The first kappa shape index (κ1) is 21.8. The van der Waals surface area contributed by atoms with E-state index in [9.17, 15) is 20.4 Å². The summed E-state index contributed by atoms with van der Waals surface area (Å²) in [5.41, 5.74) is 2.83. The molecule has 0 aliphatic carbocycles. The SMILES string of the molecule is OCC1OC(c2ccc(Cl)c(Cc3nncc(-c4ccccc4)n3)c2)C(O)C(O)C1O. The molecule has 0 amide bonds. The van der Waals surface area contributed by atoms with Gasteiger partial charge in [0.05, 0.1) is 18.5 Å². The highest BCUT2D eigenvalue weighted by atomic mass is 35.5. The Kier molecular flexibility index (Phi) is 6.57. The minimum atomic E-state index is -1.45. The van der Waals surface area contributed by atoms with E-state index in [1.54, 1.807) is 24.4 Å². The lowest BCUT2D eigenvalue weighted by Gasteiger charge is -2.40. The Labute approximate surface area is 183 Å². The van der Waals surface area contributed by atoms with E-state index in [1.807, 2.05) is 30.3 Å². The highest BCUT2D eigenvalue weighted by Crippen LogP contribution is 2.34. The zero-order valence-electron chi connectivity index (χ0n) is 16.4. The molecule has 162 valence electrons. The molecule has 3 aromatic rings. The van der Waals surface area contributed by atoms with Gasteiger partial charge in [0.2, 0.25) is 0 Å². The van der Waals surface area contributed by atoms with E-state index in [0.29, 0.717) is 27.7 Å². The molecule has 0 radical (unpaired) electrons. The monoisotopic (exact) mass is 443 g/mol. The summed E-state index contributed by atoms with van der Waals surface area (Å²) in [6, 6.07) is 14.7. The van der Waals surface area contributed by atoms with Crippen LogP contribution in [-0.2, 0) is 11.2 Å². The number of ether oxygens (including phenoxy) is 1.